The molecule has 14 nitrogen and oxygen atoms in total. The number of carbonyl (C=O) groups is 7. The van der Waals surface area contributed by atoms with Gasteiger partial charge in [-0.3, -0.25) is 33.7 Å². The summed E-state index contributed by atoms with van der Waals surface area (Å²) in [5.41, 5.74) is 11.8. The highest BCUT2D eigenvalue weighted by Gasteiger charge is 2.38. The van der Waals surface area contributed by atoms with E-state index in [4.69, 9.17) is 11.5 Å². The van der Waals surface area contributed by atoms with E-state index in [0.29, 0.717) is 50.1 Å². The van der Waals surface area contributed by atoms with E-state index in [1.807, 2.05) is 32.9 Å². The van der Waals surface area contributed by atoms with Crippen LogP contribution in [0.15, 0.2) is 24.3 Å². The molecular formula is C36H57N7O7S. The minimum absolute atomic E-state index is 0.0846. The molecule has 15 heteroatoms. The number of carbonyl (C=O) groups excluding carboxylic acids is 7. The summed E-state index contributed by atoms with van der Waals surface area (Å²) in [4.78, 5) is 89.5. The van der Waals surface area contributed by atoms with Crippen molar-refractivity contribution in [2.24, 2.45) is 22.8 Å². The lowest BCUT2D eigenvalue weighted by molar-refractivity contribution is -0.138. The van der Waals surface area contributed by atoms with Crippen LogP contribution < -0.4 is 32.7 Å². The van der Waals surface area contributed by atoms with Crippen LogP contribution in [0.3, 0.4) is 0 Å². The van der Waals surface area contributed by atoms with Crippen LogP contribution in [0.2, 0.25) is 0 Å². The van der Waals surface area contributed by atoms with Gasteiger partial charge in [0.1, 0.15) is 17.9 Å². The molecule has 0 aliphatic carbocycles. The maximum Gasteiger partial charge on any atom is 0.312 e. The van der Waals surface area contributed by atoms with Crippen LogP contribution in [-0.2, 0) is 35.2 Å². The number of aryl methyl sites for hydroxylation is 1. The van der Waals surface area contributed by atoms with Gasteiger partial charge in [0.15, 0.2) is 0 Å². The first-order valence-electron chi connectivity index (χ1n) is 17.8. The van der Waals surface area contributed by atoms with Gasteiger partial charge in [-0.25, -0.2) is 4.79 Å². The van der Waals surface area contributed by atoms with Gasteiger partial charge in [-0.05, 0) is 62.1 Å². The molecule has 1 aliphatic rings. The van der Waals surface area contributed by atoms with Crippen molar-refractivity contribution in [3.05, 3.63) is 29.8 Å². The molecule has 1 fully saturated rings. The van der Waals surface area contributed by atoms with Crippen LogP contribution in [0.1, 0.15) is 91.5 Å². The highest BCUT2D eigenvalue weighted by Crippen LogP contribution is 2.26. The Bertz CT molecular complexity index is 1370. The molecule has 1 aliphatic heterocycles. The van der Waals surface area contributed by atoms with Gasteiger partial charge < -0.3 is 32.7 Å². The highest BCUT2D eigenvalue weighted by atomic mass is 32.2. The number of anilines is 1. The van der Waals surface area contributed by atoms with Crippen molar-refractivity contribution in [1.82, 2.24) is 20.9 Å². The van der Waals surface area contributed by atoms with Gasteiger partial charge in [-0.2, -0.15) is 0 Å². The average Bonchev–Trinajstić information content (AvgIpc) is 3.35. The number of thioether (sulfide) groups is 1. The molecule has 0 saturated carbocycles. The maximum absolute atomic E-state index is 13.5. The van der Waals surface area contributed by atoms with Crippen LogP contribution >= 0.6 is 11.8 Å². The quantitative estimate of drug-likeness (QED) is 0.0718. The monoisotopic (exact) mass is 731 g/mol. The molecule has 1 heterocycles. The summed E-state index contributed by atoms with van der Waals surface area (Å²) in [7, 11) is 0. The molecule has 3 atom stereocenters. The lowest BCUT2D eigenvalue weighted by atomic mass is 9.83. The molecular weight excluding hydrogens is 675 g/mol. The van der Waals surface area contributed by atoms with Crippen LogP contribution in [-0.4, -0.2) is 89.0 Å². The number of benzene rings is 1. The third-order valence-electron chi connectivity index (χ3n) is 9.04. The Morgan fingerprint density at radius 3 is 2.27 bits per heavy atom. The minimum atomic E-state index is -0.985. The number of ketones is 1. The summed E-state index contributed by atoms with van der Waals surface area (Å²) in [5.74, 6) is -1.34. The second-order valence-electron chi connectivity index (χ2n) is 13.8. The number of amides is 7. The van der Waals surface area contributed by atoms with Crippen molar-refractivity contribution >= 4 is 58.8 Å². The van der Waals surface area contributed by atoms with E-state index in [0.717, 1.165) is 12.0 Å². The van der Waals surface area contributed by atoms with E-state index < -0.39 is 35.2 Å². The fraction of sp³-hybridized carbons (Fsp3) is 0.639. The van der Waals surface area contributed by atoms with Crippen LogP contribution in [0.4, 0.5) is 10.5 Å². The number of Topliss-reactive ketones (excluding diaryl/α,β-unsaturated/α-hetero) is 1. The minimum Gasteiger partial charge on any atom is -0.352 e. The Labute approximate surface area is 305 Å². The number of nitrogens with one attached hydrogen (secondary N) is 4. The number of primary amides is 1. The van der Waals surface area contributed by atoms with Gasteiger partial charge in [0, 0.05) is 55.8 Å². The molecule has 0 spiro atoms. The van der Waals surface area contributed by atoms with E-state index in [9.17, 15) is 33.6 Å². The van der Waals surface area contributed by atoms with E-state index in [2.05, 4.69) is 21.3 Å². The predicted molar refractivity (Wildman–Crippen MR) is 198 cm³/mol. The van der Waals surface area contributed by atoms with Crippen molar-refractivity contribution < 1.29 is 33.6 Å². The lowest BCUT2D eigenvalue weighted by Gasteiger charge is -2.25. The summed E-state index contributed by atoms with van der Waals surface area (Å²) in [6.07, 6.45) is 3.38. The molecule has 0 radical (unpaired) electrons. The Balaban J connectivity index is 1.97. The van der Waals surface area contributed by atoms with E-state index >= 15 is 0 Å². The summed E-state index contributed by atoms with van der Waals surface area (Å²) in [6.45, 7) is 10.3. The number of unbranched alkanes of at least 4 members (excludes halogenated alkanes) is 1. The van der Waals surface area contributed by atoms with Gasteiger partial charge in [0.25, 0.3) is 0 Å². The second-order valence-corrected chi connectivity index (χ2v) is 15.1. The van der Waals surface area contributed by atoms with Gasteiger partial charge in [-0.15, -0.1) is 11.8 Å². The number of hydrogen-bond acceptors (Lipinski definition) is 9. The zero-order chi connectivity index (χ0) is 38.1. The van der Waals surface area contributed by atoms with Crippen molar-refractivity contribution in [3.63, 3.8) is 0 Å². The Morgan fingerprint density at radius 2 is 1.67 bits per heavy atom. The summed E-state index contributed by atoms with van der Waals surface area (Å²) in [5, 5.41) is 10.4. The Kier molecular flexibility index (Phi) is 18.1. The lowest BCUT2D eigenvalue weighted by Crippen LogP contribution is -2.54. The first-order chi connectivity index (χ1) is 24.1. The Morgan fingerprint density at radius 1 is 0.980 bits per heavy atom. The number of imide groups is 1. The number of nitrogens with zero attached hydrogens (tertiary/aromatic N) is 1. The van der Waals surface area contributed by atoms with Gasteiger partial charge in [0.2, 0.25) is 29.5 Å². The van der Waals surface area contributed by atoms with Gasteiger partial charge in [-0.1, -0.05) is 46.8 Å². The summed E-state index contributed by atoms with van der Waals surface area (Å²) < 4.78 is 0. The fourth-order valence-electron chi connectivity index (χ4n) is 5.39. The third kappa shape index (κ3) is 14.6. The zero-order valence-electron chi connectivity index (χ0n) is 30.7. The first kappa shape index (κ1) is 43.2. The van der Waals surface area contributed by atoms with Crippen molar-refractivity contribution in [3.8, 4) is 0 Å². The fourth-order valence-corrected chi connectivity index (χ4v) is 6.34. The van der Waals surface area contributed by atoms with Crippen LogP contribution in [0, 0.1) is 11.3 Å². The standard InChI is InChI=1S/C36H57N7O7S/c1-6-36(4,5)28(44)17-14-24-12-15-25(16-13-24)40-32(47)26(10-9-19-39-35(38)50)41-33(48)31(23(2)3)42-29(45)11-7-8-20-43-30(46)22-27(34(43)49)51-21-18-37/h12-13,15-16,23,26-27,31H,6-11,14,17-22,37H2,1-5H3,(H,40,47)(H,41,48)(H,42,45)(H3,38,39,50)/t26-,27?,31?/m0/s1. The smallest absolute Gasteiger partial charge is 0.312 e. The average molecular weight is 732 g/mol. The molecule has 284 valence electrons. The molecule has 1 saturated heterocycles. The van der Waals surface area contributed by atoms with Gasteiger partial charge in [0.05, 0.1) is 5.25 Å². The normalized spacial score (nSPS) is 15.7. The molecule has 2 rings (SSSR count). The van der Waals surface area contributed by atoms with E-state index in [1.165, 1.54) is 16.7 Å². The number of likely N-dealkylation sites (tertiary alicyclic amines) is 1. The van der Waals surface area contributed by atoms with E-state index in [1.54, 1.807) is 26.0 Å². The molecule has 7 amide bonds. The van der Waals surface area contributed by atoms with Crippen LogP contribution in [0.25, 0.3) is 0 Å². The first-order valence-corrected chi connectivity index (χ1v) is 18.9. The van der Waals surface area contributed by atoms with Crippen LogP contribution in [0.5, 0.6) is 0 Å². The zero-order valence-corrected chi connectivity index (χ0v) is 31.5. The predicted octanol–water partition coefficient (Wildman–Crippen LogP) is 2.63. The topological polar surface area (TPSA) is 223 Å². The molecule has 0 aromatic heterocycles. The number of nitrogens with two attached hydrogens (primary N) is 2. The molecule has 2 unspecified atom stereocenters. The maximum atomic E-state index is 13.5. The second kappa shape index (κ2) is 21.4. The van der Waals surface area contributed by atoms with E-state index in [-0.39, 0.29) is 67.2 Å². The molecule has 8 N–H and O–H groups in total. The highest BCUT2D eigenvalue weighted by molar-refractivity contribution is 8.00. The van der Waals surface area contributed by atoms with Crippen molar-refractivity contribution in [2.45, 2.75) is 110 Å². The SMILES string of the molecule is CCC(C)(C)C(=O)CCc1ccc(NC(=O)[C@H](CCCNC(N)=O)NC(=O)C(NC(=O)CCCCN2C(=O)CC(SCCN)C2=O)C(C)C)cc1. The number of urea groups is 1. The molecule has 0 bridgehead atoms. The number of rotatable bonds is 23. The summed E-state index contributed by atoms with van der Waals surface area (Å²) >= 11 is 1.38. The largest absolute Gasteiger partial charge is 0.352 e. The number of hydrogen-bond donors (Lipinski definition) is 6. The summed E-state index contributed by atoms with van der Waals surface area (Å²) in [6, 6.07) is 4.55. The molecule has 1 aromatic carbocycles. The third-order valence-corrected chi connectivity index (χ3v) is 10.3. The van der Waals surface area contributed by atoms with Crippen molar-refractivity contribution in [2.75, 3.05) is 30.7 Å². The molecule has 51 heavy (non-hydrogen) atoms. The Hall–Kier alpha value is -3.98. The molecule has 1 aromatic rings. The van der Waals surface area contributed by atoms with Gasteiger partial charge >= 0.3 is 6.03 Å². The van der Waals surface area contributed by atoms with Crippen molar-refractivity contribution in [1.29, 1.82) is 0 Å².